The number of carbonyl (C=O) groups excluding carboxylic acids is 1. The summed E-state index contributed by atoms with van der Waals surface area (Å²) in [4.78, 5) is 11.9. The van der Waals surface area contributed by atoms with Crippen LogP contribution in [0.15, 0.2) is 48.5 Å². The summed E-state index contributed by atoms with van der Waals surface area (Å²) in [5, 5.41) is 1.08. The van der Waals surface area contributed by atoms with Gasteiger partial charge in [-0.2, -0.15) is 0 Å². The minimum absolute atomic E-state index is 0.147. The molecule has 0 bridgehead atoms. The van der Waals surface area contributed by atoms with E-state index < -0.39 is 12.0 Å². The highest BCUT2D eigenvalue weighted by Gasteiger charge is 2.19. The van der Waals surface area contributed by atoms with Gasteiger partial charge in [-0.15, -0.1) is 0 Å². The van der Waals surface area contributed by atoms with Crippen molar-refractivity contribution in [3.8, 4) is 0 Å². The third-order valence-corrected chi connectivity index (χ3v) is 3.38. The molecule has 0 aliphatic rings. The summed E-state index contributed by atoms with van der Waals surface area (Å²) in [6, 6.07) is 13.1. The van der Waals surface area contributed by atoms with Gasteiger partial charge in [0, 0.05) is 10.0 Å². The first-order chi connectivity index (χ1) is 9.58. The van der Waals surface area contributed by atoms with E-state index in [2.05, 4.69) is 0 Å². The van der Waals surface area contributed by atoms with Crippen LogP contribution >= 0.6 is 23.2 Å². The Bertz CT molecular complexity index is 599. The van der Waals surface area contributed by atoms with Crippen molar-refractivity contribution in [1.82, 2.24) is 0 Å². The second-order valence-electron chi connectivity index (χ2n) is 4.23. The molecule has 0 fully saturated rings. The normalized spacial score (nSPS) is 11.9. The molecule has 0 saturated carbocycles. The molecule has 2 aromatic rings. The Morgan fingerprint density at radius 2 is 1.75 bits per heavy atom. The molecule has 1 atom stereocenters. The Morgan fingerprint density at radius 3 is 2.40 bits per heavy atom. The van der Waals surface area contributed by atoms with E-state index in [1.54, 1.807) is 48.5 Å². The lowest BCUT2D eigenvalue weighted by Crippen LogP contribution is -2.24. The van der Waals surface area contributed by atoms with E-state index in [0.29, 0.717) is 15.6 Å². The first-order valence-electron chi connectivity index (χ1n) is 5.99. The van der Waals surface area contributed by atoms with E-state index in [9.17, 15) is 4.79 Å². The van der Waals surface area contributed by atoms with Crippen molar-refractivity contribution in [3.05, 3.63) is 69.7 Å². The molecule has 0 spiro atoms. The Labute approximate surface area is 127 Å². The number of halogens is 2. The Kier molecular flexibility index (Phi) is 5.01. The minimum Gasteiger partial charge on any atom is -0.459 e. The highest BCUT2D eigenvalue weighted by molar-refractivity contribution is 6.31. The lowest BCUT2D eigenvalue weighted by Gasteiger charge is -2.13. The van der Waals surface area contributed by atoms with E-state index in [4.69, 9.17) is 33.7 Å². The van der Waals surface area contributed by atoms with Gasteiger partial charge in [0.1, 0.15) is 12.6 Å². The summed E-state index contributed by atoms with van der Waals surface area (Å²) in [5.74, 6) is -0.520. The Balaban J connectivity index is 1.98. The van der Waals surface area contributed by atoms with Crippen molar-refractivity contribution < 1.29 is 9.53 Å². The lowest BCUT2D eigenvalue weighted by molar-refractivity contribution is -0.146. The molecular formula is C15H13Cl2NO2. The molecule has 3 nitrogen and oxygen atoms in total. The molecule has 2 rings (SSSR count). The van der Waals surface area contributed by atoms with Gasteiger partial charge in [0.15, 0.2) is 0 Å². The van der Waals surface area contributed by atoms with Crippen LogP contribution in [0.2, 0.25) is 10.0 Å². The van der Waals surface area contributed by atoms with E-state index in [-0.39, 0.29) is 6.61 Å². The molecule has 0 aliphatic heterocycles. The van der Waals surface area contributed by atoms with Crippen molar-refractivity contribution in [2.45, 2.75) is 12.6 Å². The summed E-state index contributed by atoms with van der Waals surface area (Å²) in [6.07, 6.45) is 0. The molecule has 0 amide bonds. The van der Waals surface area contributed by atoms with Gasteiger partial charge in [-0.25, -0.2) is 4.79 Å². The molecular weight excluding hydrogens is 297 g/mol. The maximum Gasteiger partial charge on any atom is 0.327 e. The number of ether oxygens (including phenoxy) is 1. The smallest absolute Gasteiger partial charge is 0.327 e. The van der Waals surface area contributed by atoms with Gasteiger partial charge in [0.25, 0.3) is 0 Å². The summed E-state index contributed by atoms with van der Waals surface area (Å²) in [6.45, 7) is 0.147. The fourth-order valence-electron chi connectivity index (χ4n) is 1.68. The number of rotatable bonds is 4. The average Bonchev–Trinajstić information content (AvgIpc) is 2.46. The molecule has 0 heterocycles. The number of esters is 1. The zero-order valence-electron chi connectivity index (χ0n) is 10.6. The molecule has 2 aromatic carbocycles. The fourth-order valence-corrected chi connectivity index (χ4v) is 2.06. The maximum atomic E-state index is 11.9. The maximum absolute atomic E-state index is 11.9. The Morgan fingerprint density at radius 1 is 1.10 bits per heavy atom. The number of benzene rings is 2. The van der Waals surface area contributed by atoms with Crippen molar-refractivity contribution in [2.24, 2.45) is 5.73 Å². The first-order valence-corrected chi connectivity index (χ1v) is 6.74. The molecule has 0 unspecified atom stereocenters. The second kappa shape index (κ2) is 6.75. The van der Waals surface area contributed by atoms with Crippen LogP contribution in [0.5, 0.6) is 0 Å². The van der Waals surface area contributed by atoms with Gasteiger partial charge in [0.2, 0.25) is 0 Å². The molecule has 0 aliphatic carbocycles. The first kappa shape index (κ1) is 14.9. The van der Waals surface area contributed by atoms with Gasteiger partial charge >= 0.3 is 5.97 Å². The van der Waals surface area contributed by atoms with Crippen LogP contribution in [-0.4, -0.2) is 5.97 Å². The molecule has 0 saturated heterocycles. The number of nitrogens with two attached hydrogens (primary N) is 1. The van der Waals surface area contributed by atoms with E-state index in [1.807, 2.05) is 0 Å². The average molecular weight is 310 g/mol. The van der Waals surface area contributed by atoms with Crippen LogP contribution in [0.4, 0.5) is 0 Å². The van der Waals surface area contributed by atoms with Gasteiger partial charge < -0.3 is 10.5 Å². The van der Waals surface area contributed by atoms with Crippen LogP contribution in [0.1, 0.15) is 17.2 Å². The summed E-state index contributed by atoms with van der Waals surface area (Å²) in [5.41, 5.74) is 7.24. The van der Waals surface area contributed by atoms with Crippen LogP contribution in [0.3, 0.4) is 0 Å². The predicted molar refractivity (Wildman–Crippen MR) is 79.6 cm³/mol. The van der Waals surface area contributed by atoms with Crippen LogP contribution < -0.4 is 5.73 Å². The number of carbonyl (C=O) groups is 1. The van der Waals surface area contributed by atoms with Crippen molar-refractivity contribution in [2.75, 3.05) is 0 Å². The Hall–Kier alpha value is -1.55. The monoisotopic (exact) mass is 309 g/mol. The van der Waals surface area contributed by atoms with Crippen molar-refractivity contribution in [3.63, 3.8) is 0 Å². The SMILES string of the molecule is N[C@@H](C(=O)OCc1ccc(Cl)cc1)c1ccccc1Cl. The van der Waals surface area contributed by atoms with Crippen molar-refractivity contribution >= 4 is 29.2 Å². The standard InChI is InChI=1S/C15H13Cl2NO2/c16-11-7-5-10(6-8-11)9-20-15(19)14(18)12-3-1-2-4-13(12)17/h1-8,14H,9,18H2/t14-/m1/s1. The van der Waals surface area contributed by atoms with Gasteiger partial charge in [-0.1, -0.05) is 53.5 Å². The minimum atomic E-state index is -0.893. The summed E-state index contributed by atoms with van der Waals surface area (Å²) < 4.78 is 5.17. The van der Waals surface area contributed by atoms with Crippen LogP contribution in [0.25, 0.3) is 0 Å². The van der Waals surface area contributed by atoms with Crippen LogP contribution in [-0.2, 0) is 16.1 Å². The highest BCUT2D eigenvalue weighted by Crippen LogP contribution is 2.22. The zero-order valence-corrected chi connectivity index (χ0v) is 12.1. The van der Waals surface area contributed by atoms with E-state index >= 15 is 0 Å². The van der Waals surface area contributed by atoms with Crippen LogP contribution in [0, 0.1) is 0 Å². The quantitative estimate of drug-likeness (QED) is 0.875. The number of hydrogen-bond donors (Lipinski definition) is 1. The van der Waals surface area contributed by atoms with Gasteiger partial charge in [-0.05, 0) is 29.3 Å². The molecule has 0 radical (unpaired) electrons. The summed E-state index contributed by atoms with van der Waals surface area (Å²) >= 11 is 11.8. The van der Waals surface area contributed by atoms with E-state index in [0.717, 1.165) is 5.56 Å². The largest absolute Gasteiger partial charge is 0.459 e. The number of hydrogen-bond acceptors (Lipinski definition) is 3. The van der Waals surface area contributed by atoms with Crippen molar-refractivity contribution in [1.29, 1.82) is 0 Å². The lowest BCUT2D eigenvalue weighted by atomic mass is 10.1. The molecule has 20 heavy (non-hydrogen) atoms. The van der Waals surface area contributed by atoms with Gasteiger partial charge in [0.05, 0.1) is 0 Å². The molecule has 5 heteroatoms. The predicted octanol–water partition coefficient (Wildman–Crippen LogP) is 3.74. The summed E-state index contributed by atoms with van der Waals surface area (Å²) in [7, 11) is 0. The molecule has 0 aromatic heterocycles. The molecule has 104 valence electrons. The fraction of sp³-hybridized carbons (Fsp3) is 0.133. The van der Waals surface area contributed by atoms with E-state index in [1.165, 1.54) is 0 Å². The third-order valence-electron chi connectivity index (χ3n) is 2.79. The molecule has 2 N–H and O–H groups in total. The zero-order chi connectivity index (χ0) is 14.5. The second-order valence-corrected chi connectivity index (χ2v) is 5.08. The topological polar surface area (TPSA) is 52.3 Å². The highest BCUT2D eigenvalue weighted by atomic mass is 35.5. The third kappa shape index (κ3) is 3.73. The van der Waals surface area contributed by atoms with Gasteiger partial charge in [-0.3, -0.25) is 0 Å².